The van der Waals surface area contributed by atoms with Gasteiger partial charge in [0.1, 0.15) is 5.82 Å². The van der Waals surface area contributed by atoms with Crippen LogP contribution in [0.1, 0.15) is 51.0 Å². The van der Waals surface area contributed by atoms with Crippen molar-refractivity contribution in [2.75, 3.05) is 6.54 Å². The van der Waals surface area contributed by atoms with E-state index >= 15 is 0 Å². The molecule has 1 aromatic carbocycles. The zero-order valence-corrected chi connectivity index (χ0v) is 13.0. The Labute approximate surface area is 126 Å². The van der Waals surface area contributed by atoms with Gasteiger partial charge >= 0.3 is 0 Å². The van der Waals surface area contributed by atoms with Gasteiger partial charge in [0.05, 0.1) is 11.1 Å². The van der Waals surface area contributed by atoms with Crippen molar-refractivity contribution in [2.45, 2.75) is 51.6 Å². The van der Waals surface area contributed by atoms with Crippen LogP contribution in [0.15, 0.2) is 18.2 Å². The average molecular weight is 302 g/mol. The van der Waals surface area contributed by atoms with Crippen LogP contribution in [0.25, 0.3) is 0 Å². The van der Waals surface area contributed by atoms with E-state index in [1.807, 2.05) is 6.92 Å². The van der Waals surface area contributed by atoms with E-state index in [0.717, 1.165) is 25.7 Å². The summed E-state index contributed by atoms with van der Waals surface area (Å²) in [7, 11) is 0. The quantitative estimate of drug-likeness (QED) is 0.759. The zero-order valence-electron chi connectivity index (χ0n) is 12.3. The van der Waals surface area contributed by atoms with E-state index in [-0.39, 0.29) is 17.5 Å². The van der Waals surface area contributed by atoms with Gasteiger partial charge in [-0.1, -0.05) is 56.8 Å². The molecule has 20 heavy (non-hydrogen) atoms. The molecule has 0 aliphatic heterocycles. The fourth-order valence-electron chi connectivity index (χ4n) is 2.67. The first kappa shape index (κ1) is 17.4. The summed E-state index contributed by atoms with van der Waals surface area (Å²) < 4.78 is 14.1. The van der Waals surface area contributed by atoms with Gasteiger partial charge in [0.25, 0.3) is 0 Å². The van der Waals surface area contributed by atoms with Gasteiger partial charge in [-0.3, -0.25) is 0 Å². The highest BCUT2D eigenvalue weighted by Crippen LogP contribution is 2.32. The molecule has 0 radical (unpaired) electrons. The minimum atomic E-state index is -0.635. The van der Waals surface area contributed by atoms with E-state index in [9.17, 15) is 9.50 Å². The lowest BCUT2D eigenvalue weighted by atomic mass is 9.82. The van der Waals surface area contributed by atoms with Crippen LogP contribution in [0.3, 0.4) is 0 Å². The van der Waals surface area contributed by atoms with Gasteiger partial charge in [-0.15, -0.1) is 0 Å². The minimum absolute atomic E-state index is 0.0785. The van der Waals surface area contributed by atoms with Crippen LogP contribution in [0.5, 0.6) is 0 Å². The van der Waals surface area contributed by atoms with Crippen LogP contribution in [0.2, 0.25) is 5.02 Å². The smallest absolute Gasteiger partial charge is 0.145 e. The Kier molecular flexibility index (Phi) is 7.49. The SMILES string of the molecule is CCCCC(CC)C(O)C(CN)c1cccc(Cl)c1F. The van der Waals surface area contributed by atoms with Crippen LogP contribution in [0.4, 0.5) is 4.39 Å². The first-order valence-electron chi connectivity index (χ1n) is 7.38. The first-order chi connectivity index (χ1) is 9.56. The Bertz CT molecular complexity index is 413. The number of aliphatic hydroxyl groups is 1. The van der Waals surface area contributed by atoms with Gasteiger partial charge in [-0.25, -0.2) is 4.39 Å². The number of rotatable bonds is 8. The van der Waals surface area contributed by atoms with Crippen molar-refractivity contribution in [3.8, 4) is 0 Å². The molecule has 1 aromatic rings. The Balaban J connectivity index is 2.96. The Morgan fingerprint density at radius 3 is 2.60 bits per heavy atom. The molecule has 0 bridgehead atoms. The van der Waals surface area contributed by atoms with Crippen molar-refractivity contribution in [2.24, 2.45) is 11.7 Å². The van der Waals surface area contributed by atoms with Crippen LogP contribution >= 0.6 is 11.6 Å². The maximum Gasteiger partial charge on any atom is 0.145 e. The van der Waals surface area contributed by atoms with Crippen molar-refractivity contribution >= 4 is 11.6 Å². The number of halogens is 2. The summed E-state index contributed by atoms with van der Waals surface area (Å²) in [5.74, 6) is -0.730. The van der Waals surface area contributed by atoms with E-state index in [4.69, 9.17) is 17.3 Å². The number of benzene rings is 1. The highest BCUT2D eigenvalue weighted by molar-refractivity contribution is 6.30. The lowest BCUT2D eigenvalue weighted by molar-refractivity contribution is 0.0732. The maximum atomic E-state index is 14.1. The van der Waals surface area contributed by atoms with Crippen LogP contribution in [0, 0.1) is 11.7 Å². The highest BCUT2D eigenvalue weighted by Gasteiger charge is 2.29. The molecule has 2 nitrogen and oxygen atoms in total. The number of nitrogens with two attached hydrogens (primary N) is 1. The molecule has 0 saturated heterocycles. The minimum Gasteiger partial charge on any atom is -0.392 e. The molecule has 0 fully saturated rings. The molecule has 0 amide bonds. The fourth-order valence-corrected chi connectivity index (χ4v) is 2.85. The predicted octanol–water partition coefficient (Wildman–Crippen LogP) is 4.10. The van der Waals surface area contributed by atoms with Crippen molar-refractivity contribution in [1.29, 1.82) is 0 Å². The van der Waals surface area contributed by atoms with Crippen molar-refractivity contribution in [3.05, 3.63) is 34.6 Å². The lowest BCUT2D eigenvalue weighted by Gasteiger charge is -2.29. The molecule has 1 rings (SSSR count). The monoisotopic (exact) mass is 301 g/mol. The van der Waals surface area contributed by atoms with Gasteiger partial charge in [-0.05, 0) is 24.0 Å². The fraction of sp³-hybridized carbons (Fsp3) is 0.625. The van der Waals surface area contributed by atoms with E-state index in [1.54, 1.807) is 12.1 Å². The van der Waals surface area contributed by atoms with E-state index in [2.05, 4.69) is 6.92 Å². The summed E-state index contributed by atoms with van der Waals surface area (Å²) in [4.78, 5) is 0. The molecule has 0 saturated carbocycles. The summed E-state index contributed by atoms with van der Waals surface area (Å²) in [6.45, 7) is 4.38. The average Bonchev–Trinajstić information content (AvgIpc) is 2.45. The standard InChI is InChI=1S/C16H25ClFNO/c1-3-5-7-11(4-2)16(20)13(10-19)12-8-6-9-14(17)15(12)18/h6,8-9,11,13,16,20H,3-5,7,10,19H2,1-2H3. The van der Waals surface area contributed by atoms with Gasteiger partial charge in [0.2, 0.25) is 0 Å². The van der Waals surface area contributed by atoms with Gasteiger partial charge in [-0.2, -0.15) is 0 Å². The molecule has 4 heteroatoms. The van der Waals surface area contributed by atoms with Gasteiger partial charge in [0, 0.05) is 12.5 Å². The predicted molar refractivity (Wildman–Crippen MR) is 82.5 cm³/mol. The first-order valence-corrected chi connectivity index (χ1v) is 7.76. The number of hydrogen-bond acceptors (Lipinski definition) is 2. The van der Waals surface area contributed by atoms with Crippen LogP contribution < -0.4 is 5.73 Å². The second-order valence-corrected chi connectivity index (χ2v) is 5.69. The normalized spacial score (nSPS) is 15.9. The number of aliphatic hydroxyl groups excluding tert-OH is 1. The third kappa shape index (κ3) is 4.18. The second kappa shape index (κ2) is 8.60. The molecule has 0 aliphatic carbocycles. The molecular weight excluding hydrogens is 277 g/mol. The third-order valence-corrected chi connectivity index (χ3v) is 4.27. The molecular formula is C16H25ClFNO. The maximum absolute atomic E-state index is 14.1. The number of hydrogen-bond donors (Lipinski definition) is 2. The van der Waals surface area contributed by atoms with Crippen LogP contribution in [-0.2, 0) is 0 Å². The van der Waals surface area contributed by atoms with E-state index in [0.29, 0.717) is 5.56 Å². The Morgan fingerprint density at radius 2 is 2.05 bits per heavy atom. The molecule has 114 valence electrons. The topological polar surface area (TPSA) is 46.2 Å². The molecule has 0 spiro atoms. The summed E-state index contributed by atoms with van der Waals surface area (Å²) in [5, 5.41) is 10.7. The molecule has 0 heterocycles. The van der Waals surface area contributed by atoms with Crippen LogP contribution in [-0.4, -0.2) is 17.8 Å². The lowest BCUT2D eigenvalue weighted by Crippen LogP contribution is -2.33. The molecule has 0 aromatic heterocycles. The summed E-state index contributed by atoms with van der Waals surface area (Å²) in [6.07, 6.45) is 3.31. The zero-order chi connectivity index (χ0) is 15.1. The largest absolute Gasteiger partial charge is 0.392 e. The Morgan fingerprint density at radius 1 is 1.35 bits per heavy atom. The van der Waals surface area contributed by atoms with Crippen molar-refractivity contribution in [3.63, 3.8) is 0 Å². The third-order valence-electron chi connectivity index (χ3n) is 3.98. The highest BCUT2D eigenvalue weighted by atomic mass is 35.5. The number of unbranched alkanes of at least 4 members (excludes halogenated alkanes) is 1. The van der Waals surface area contributed by atoms with Gasteiger partial charge < -0.3 is 10.8 Å². The molecule has 3 atom stereocenters. The summed E-state index contributed by atoms with van der Waals surface area (Å²) in [5.41, 5.74) is 6.20. The van der Waals surface area contributed by atoms with Gasteiger partial charge in [0.15, 0.2) is 0 Å². The summed E-state index contributed by atoms with van der Waals surface area (Å²) >= 11 is 5.82. The van der Waals surface area contributed by atoms with E-state index in [1.165, 1.54) is 6.07 Å². The van der Waals surface area contributed by atoms with E-state index < -0.39 is 17.8 Å². The molecule has 3 unspecified atom stereocenters. The van der Waals surface area contributed by atoms with Crippen molar-refractivity contribution < 1.29 is 9.50 Å². The summed E-state index contributed by atoms with van der Waals surface area (Å²) in [6, 6.07) is 4.87. The van der Waals surface area contributed by atoms with Crippen molar-refractivity contribution in [1.82, 2.24) is 0 Å². The second-order valence-electron chi connectivity index (χ2n) is 5.29. The molecule has 0 aliphatic rings. The molecule has 3 N–H and O–H groups in total. The Hall–Kier alpha value is -0.640.